The Morgan fingerprint density at radius 2 is 2.07 bits per heavy atom. The van der Waals surface area contributed by atoms with Gasteiger partial charge >= 0.3 is 0 Å². The lowest BCUT2D eigenvalue weighted by Gasteiger charge is -2.05. The molecule has 0 bridgehead atoms. The van der Waals surface area contributed by atoms with E-state index < -0.39 is 0 Å². The molecule has 1 N–H and O–H groups in total. The molecule has 0 aromatic heterocycles. The number of hydrogen-bond acceptors (Lipinski definition) is 2. The van der Waals surface area contributed by atoms with Crippen LogP contribution >= 0.6 is 0 Å². The van der Waals surface area contributed by atoms with Gasteiger partial charge in [0, 0.05) is 18.7 Å². The van der Waals surface area contributed by atoms with Crippen molar-refractivity contribution in [1.29, 1.82) is 0 Å². The second-order valence-electron chi connectivity index (χ2n) is 3.36. The molecule has 3 nitrogen and oxygen atoms in total. The molecule has 0 aliphatic carbocycles. The highest BCUT2D eigenvalue weighted by atomic mass is 16.5. The number of ether oxygens (including phenoxy) is 1. The molecule has 0 unspecified atom stereocenters. The summed E-state index contributed by atoms with van der Waals surface area (Å²) < 4.78 is 5.32. The van der Waals surface area contributed by atoms with Crippen molar-refractivity contribution in [3.8, 4) is 0 Å². The molecule has 0 heterocycles. The molecule has 0 radical (unpaired) electrons. The molecule has 0 aromatic rings. The first-order valence-electron chi connectivity index (χ1n) is 5.20. The van der Waals surface area contributed by atoms with E-state index in [1.54, 1.807) is 6.92 Å². The van der Waals surface area contributed by atoms with Crippen molar-refractivity contribution in [3.05, 3.63) is 12.2 Å². The van der Waals surface area contributed by atoms with Crippen molar-refractivity contribution >= 4 is 5.91 Å². The number of hydrogen-bond donors (Lipinski definition) is 1. The average Bonchev–Trinajstić information content (AvgIpc) is 2.16. The van der Waals surface area contributed by atoms with Crippen molar-refractivity contribution in [1.82, 2.24) is 5.32 Å². The highest BCUT2D eigenvalue weighted by Crippen LogP contribution is 1.93. The second kappa shape index (κ2) is 8.75. The lowest BCUT2D eigenvalue weighted by Crippen LogP contribution is -2.27. The third-order valence-electron chi connectivity index (χ3n) is 1.81. The average molecular weight is 199 g/mol. The molecular weight excluding hydrogens is 178 g/mol. The number of carbonyl (C=O) groups is 1. The third-order valence-corrected chi connectivity index (χ3v) is 1.81. The van der Waals surface area contributed by atoms with Gasteiger partial charge in [0.1, 0.15) is 0 Å². The molecule has 0 spiro atoms. The van der Waals surface area contributed by atoms with Crippen LogP contribution in [-0.4, -0.2) is 25.7 Å². The van der Waals surface area contributed by atoms with E-state index in [-0.39, 0.29) is 5.91 Å². The maximum absolute atomic E-state index is 11.0. The van der Waals surface area contributed by atoms with E-state index in [9.17, 15) is 4.79 Å². The standard InChI is InChI=1S/C11H21NO2/c1-4-5-6-8-14-9-7-12-11(13)10(2)3/h2,4-9H2,1,3H3,(H,12,13). The van der Waals surface area contributed by atoms with Gasteiger partial charge in [0.25, 0.3) is 0 Å². The van der Waals surface area contributed by atoms with Gasteiger partial charge < -0.3 is 10.1 Å². The maximum atomic E-state index is 11.0. The second-order valence-corrected chi connectivity index (χ2v) is 3.36. The van der Waals surface area contributed by atoms with Gasteiger partial charge in [-0.05, 0) is 13.3 Å². The maximum Gasteiger partial charge on any atom is 0.246 e. The van der Waals surface area contributed by atoms with Gasteiger partial charge in [-0.3, -0.25) is 4.79 Å². The van der Waals surface area contributed by atoms with Crippen LogP contribution in [0.2, 0.25) is 0 Å². The van der Waals surface area contributed by atoms with Gasteiger partial charge in [0.2, 0.25) is 5.91 Å². The molecule has 0 saturated carbocycles. The molecule has 0 aliphatic heterocycles. The van der Waals surface area contributed by atoms with Crippen molar-refractivity contribution in [3.63, 3.8) is 0 Å². The van der Waals surface area contributed by atoms with Crippen molar-refractivity contribution in [2.75, 3.05) is 19.8 Å². The molecule has 0 aliphatic rings. The lowest BCUT2D eigenvalue weighted by molar-refractivity contribution is -0.117. The summed E-state index contributed by atoms with van der Waals surface area (Å²) in [5, 5.41) is 2.71. The zero-order valence-corrected chi connectivity index (χ0v) is 9.27. The Balaban J connectivity index is 3.13. The van der Waals surface area contributed by atoms with E-state index in [0.29, 0.717) is 18.7 Å². The summed E-state index contributed by atoms with van der Waals surface area (Å²) in [5.74, 6) is -0.0952. The van der Waals surface area contributed by atoms with Crippen LogP contribution in [0.4, 0.5) is 0 Å². The summed E-state index contributed by atoms with van der Waals surface area (Å²) >= 11 is 0. The van der Waals surface area contributed by atoms with Gasteiger partial charge in [0.05, 0.1) is 6.61 Å². The van der Waals surface area contributed by atoms with Gasteiger partial charge in [-0.1, -0.05) is 26.3 Å². The quantitative estimate of drug-likeness (QED) is 0.479. The molecule has 0 saturated heterocycles. The Morgan fingerprint density at radius 1 is 1.36 bits per heavy atom. The zero-order chi connectivity index (χ0) is 10.8. The van der Waals surface area contributed by atoms with Crippen LogP contribution < -0.4 is 5.32 Å². The lowest BCUT2D eigenvalue weighted by atomic mass is 10.3. The summed E-state index contributed by atoms with van der Waals surface area (Å²) in [6, 6.07) is 0. The molecular formula is C11H21NO2. The molecule has 82 valence electrons. The molecule has 14 heavy (non-hydrogen) atoms. The van der Waals surface area contributed by atoms with E-state index in [4.69, 9.17) is 4.74 Å². The van der Waals surface area contributed by atoms with Crippen LogP contribution in [0, 0.1) is 0 Å². The molecule has 0 fully saturated rings. The summed E-state index contributed by atoms with van der Waals surface area (Å²) in [4.78, 5) is 11.0. The van der Waals surface area contributed by atoms with E-state index in [2.05, 4.69) is 18.8 Å². The predicted molar refractivity (Wildman–Crippen MR) is 58.2 cm³/mol. The van der Waals surface area contributed by atoms with E-state index in [1.165, 1.54) is 12.8 Å². The van der Waals surface area contributed by atoms with Crippen LogP contribution in [0.3, 0.4) is 0 Å². The molecule has 0 rings (SSSR count). The van der Waals surface area contributed by atoms with E-state index >= 15 is 0 Å². The minimum absolute atomic E-state index is 0.0952. The number of carbonyl (C=O) groups excluding carboxylic acids is 1. The topological polar surface area (TPSA) is 38.3 Å². The molecule has 0 atom stereocenters. The first-order valence-corrected chi connectivity index (χ1v) is 5.20. The summed E-state index contributed by atoms with van der Waals surface area (Å²) in [7, 11) is 0. The number of unbranched alkanes of at least 4 members (excludes halogenated alkanes) is 2. The smallest absolute Gasteiger partial charge is 0.246 e. The van der Waals surface area contributed by atoms with Crippen LogP contribution in [0.1, 0.15) is 33.1 Å². The molecule has 1 amide bonds. The highest BCUT2D eigenvalue weighted by molar-refractivity contribution is 5.91. The van der Waals surface area contributed by atoms with Gasteiger partial charge in [-0.15, -0.1) is 0 Å². The highest BCUT2D eigenvalue weighted by Gasteiger charge is 1.98. The zero-order valence-electron chi connectivity index (χ0n) is 9.27. The third kappa shape index (κ3) is 7.80. The van der Waals surface area contributed by atoms with Crippen LogP contribution in [0.15, 0.2) is 12.2 Å². The number of nitrogens with one attached hydrogen (secondary N) is 1. The van der Waals surface area contributed by atoms with Gasteiger partial charge in [-0.2, -0.15) is 0 Å². The number of rotatable bonds is 8. The fraction of sp³-hybridized carbons (Fsp3) is 0.727. The summed E-state index contributed by atoms with van der Waals surface area (Å²) in [6.07, 6.45) is 3.51. The molecule has 3 heteroatoms. The van der Waals surface area contributed by atoms with Gasteiger partial charge in [0.15, 0.2) is 0 Å². The van der Waals surface area contributed by atoms with Crippen LogP contribution in [-0.2, 0) is 9.53 Å². The summed E-state index contributed by atoms with van der Waals surface area (Å²) in [6.45, 7) is 9.34. The largest absolute Gasteiger partial charge is 0.380 e. The SMILES string of the molecule is C=C(C)C(=O)NCCOCCCCC. The van der Waals surface area contributed by atoms with Crippen LogP contribution in [0.25, 0.3) is 0 Å². The van der Waals surface area contributed by atoms with Crippen molar-refractivity contribution in [2.45, 2.75) is 33.1 Å². The number of amides is 1. The fourth-order valence-corrected chi connectivity index (χ4v) is 0.944. The van der Waals surface area contributed by atoms with Crippen LogP contribution in [0.5, 0.6) is 0 Å². The Kier molecular flexibility index (Phi) is 8.24. The summed E-state index contributed by atoms with van der Waals surface area (Å²) in [5.41, 5.74) is 0.538. The predicted octanol–water partition coefficient (Wildman–Crippen LogP) is 1.89. The Hall–Kier alpha value is -0.830. The Morgan fingerprint density at radius 3 is 2.64 bits per heavy atom. The Labute approximate surface area is 86.5 Å². The first-order chi connectivity index (χ1) is 6.68. The monoisotopic (exact) mass is 199 g/mol. The Bertz CT molecular complexity index is 178. The van der Waals surface area contributed by atoms with E-state index in [1.807, 2.05) is 0 Å². The minimum atomic E-state index is -0.0952. The first kappa shape index (κ1) is 13.2. The van der Waals surface area contributed by atoms with Gasteiger partial charge in [-0.25, -0.2) is 0 Å². The minimum Gasteiger partial charge on any atom is -0.380 e. The molecule has 0 aromatic carbocycles. The van der Waals surface area contributed by atoms with Crippen molar-refractivity contribution in [2.24, 2.45) is 0 Å². The fourth-order valence-electron chi connectivity index (χ4n) is 0.944. The van der Waals surface area contributed by atoms with Crippen molar-refractivity contribution < 1.29 is 9.53 Å². The van der Waals surface area contributed by atoms with E-state index in [0.717, 1.165) is 13.0 Å². The normalized spacial score (nSPS) is 9.86.